The van der Waals surface area contributed by atoms with Crippen LogP contribution in [0.1, 0.15) is 7.43 Å². The molecule has 5 nitrogen and oxygen atoms in total. The molecule has 0 saturated carbocycles. The molecule has 0 unspecified atom stereocenters. The summed E-state index contributed by atoms with van der Waals surface area (Å²) in [4.78, 5) is 0. The van der Waals surface area contributed by atoms with Crippen molar-refractivity contribution >= 4 is 10.4 Å². The Kier molecular flexibility index (Phi) is 9.74. The van der Waals surface area contributed by atoms with Crippen molar-refractivity contribution in [1.82, 2.24) is 6.15 Å². The van der Waals surface area contributed by atoms with Crippen LogP contribution in [0.5, 0.6) is 0 Å². The Morgan fingerprint density at radius 3 is 1.62 bits per heavy atom. The summed E-state index contributed by atoms with van der Waals surface area (Å²) in [5, 5.41) is 0. The molecule has 0 aliphatic rings. The maximum atomic E-state index is 9.33. The van der Waals surface area contributed by atoms with Crippen LogP contribution in [0.3, 0.4) is 0 Å². The average Bonchev–Trinajstić information content (AvgIpc) is 1.35. The van der Waals surface area contributed by atoms with E-state index in [2.05, 4.69) is 4.18 Å². The highest BCUT2D eigenvalue weighted by molar-refractivity contribution is 7.80. The van der Waals surface area contributed by atoms with Gasteiger partial charge in [-0.05, 0) is 0 Å². The lowest BCUT2D eigenvalue weighted by molar-refractivity contribution is 0.324. The Morgan fingerprint density at radius 1 is 1.50 bits per heavy atom. The topological polar surface area (TPSA) is 98.6 Å². The fraction of sp³-hybridized carbons (Fsp3) is 1.00. The Hall–Kier alpha value is -0.170. The van der Waals surface area contributed by atoms with E-state index in [4.69, 9.17) is 4.55 Å². The largest absolute Gasteiger partial charge is 0.397 e. The van der Waals surface area contributed by atoms with Gasteiger partial charge in [0.1, 0.15) is 0 Å². The van der Waals surface area contributed by atoms with E-state index in [-0.39, 0.29) is 13.6 Å². The molecular weight excluding hydrogens is 134 g/mol. The molecule has 0 aromatic rings. The highest BCUT2D eigenvalue weighted by atomic mass is 32.3. The monoisotopic (exact) mass is 145 g/mol. The zero-order valence-electron chi connectivity index (χ0n) is 3.79. The van der Waals surface area contributed by atoms with Crippen molar-refractivity contribution in [3.63, 3.8) is 0 Å². The summed E-state index contributed by atoms with van der Waals surface area (Å²) in [6, 6.07) is 0. The molecule has 0 aliphatic carbocycles. The Morgan fingerprint density at radius 2 is 1.62 bits per heavy atom. The van der Waals surface area contributed by atoms with E-state index in [1.165, 1.54) is 0 Å². The first kappa shape index (κ1) is 15.7. The van der Waals surface area contributed by atoms with Gasteiger partial charge in [0.2, 0.25) is 0 Å². The summed E-state index contributed by atoms with van der Waals surface area (Å²) in [6.07, 6.45) is 0. The van der Waals surface area contributed by atoms with Crippen molar-refractivity contribution in [1.29, 1.82) is 0 Å². The van der Waals surface area contributed by atoms with Crippen LogP contribution < -0.4 is 6.15 Å². The van der Waals surface area contributed by atoms with E-state index in [0.717, 1.165) is 7.11 Å². The predicted molar refractivity (Wildman–Crippen MR) is 30.3 cm³/mol. The number of hydrogen-bond donors (Lipinski definition) is 2. The van der Waals surface area contributed by atoms with Gasteiger partial charge in [-0.1, -0.05) is 7.43 Å². The molecule has 0 heterocycles. The van der Waals surface area contributed by atoms with E-state index in [1.54, 1.807) is 0 Å². The van der Waals surface area contributed by atoms with Crippen LogP contribution in [0.15, 0.2) is 0 Å². The number of hydrogen-bond acceptors (Lipinski definition) is 4. The van der Waals surface area contributed by atoms with Gasteiger partial charge in [-0.3, -0.25) is 8.74 Å². The molecule has 6 heteroatoms. The van der Waals surface area contributed by atoms with Crippen molar-refractivity contribution in [2.45, 2.75) is 7.43 Å². The highest BCUT2D eigenvalue weighted by Gasteiger charge is 1.93. The third-order valence-corrected chi connectivity index (χ3v) is 0.632. The van der Waals surface area contributed by atoms with Gasteiger partial charge in [0.15, 0.2) is 0 Å². The average molecular weight is 145 g/mol. The Labute approximate surface area is 49.2 Å². The van der Waals surface area contributed by atoms with E-state index in [0.29, 0.717) is 0 Å². The molecule has 0 bridgehead atoms. The summed E-state index contributed by atoms with van der Waals surface area (Å²) in [7, 11) is -3.29. The number of rotatable bonds is 1. The second kappa shape index (κ2) is 4.98. The maximum Gasteiger partial charge on any atom is 0.397 e. The summed E-state index contributed by atoms with van der Waals surface area (Å²) >= 11 is 0. The Balaban J connectivity index is -0.000000125. The maximum absolute atomic E-state index is 9.33. The van der Waals surface area contributed by atoms with Crippen LogP contribution in [0.2, 0.25) is 0 Å². The van der Waals surface area contributed by atoms with Gasteiger partial charge >= 0.3 is 10.4 Å². The van der Waals surface area contributed by atoms with E-state index in [1.807, 2.05) is 0 Å². The van der Waals surface area contributed by atoms with Crippen molar-refractivity contribution < 1.29 is 17.2 Å². The van der Waals surface area contributed by atoms with Gasteiger partial charge in [-0.2, -0.15) is 8.42 Å². The lowest BCUT2D eigenvalue weighted by atomic mass is 11.8. The zero-order valence-corrected chi connectivity index (χ0v) is 4.60. The molecule has 0 amide bonds. The van der Waals surface area contributed by atoms with Gasteiger partial charge < -0.3 is 6.15 Å². The van der Waals surface area contributed by atoms with E-state index < -0.39 is 10.4 Å². The summed E-state index contributed by atoms with van der Waals surface area (Å²) in [6.45, 7) is 0. The van der Waals surface area contributed by atoms with E-state index >= 15 is 0 Å². The summed E-state index contributed by atoms with van der Waals surface area (Å²) < 4.78 is 29.7. The molecule has 0 radical (unpaired) electrons. The molecule has 0 aromatic heterocycles. The normalized spacial score (nSPS) is 8.75. The second-order valence-corrected chi connectivity index (χ2v) is 1.78. The van der Waals surface area contributed by atoms with Gasteiger partial charge in [0, 0.05) is 0 Å². The van der Waals surface area contributed by atoms with Gasteiger partial charge in [-0.15, -0.1) is 0 Å². The van der Waals surface area contributed by atoms with Crippen LogP contribution in [-0.2, 0) is 14.6 Å². The Bertz CT molecular complexity index is 116. The first-order valence-corrected chi connectivity index (χ1v) is 2.46. The molecule has 0 rings (SSSR count). The first-order valence-electron chi connectivity index (χ1n) is 1.09. The minimum atomic E-state index is -4.16. The molecular formula is C2H11NO4S. The van der Waals surface area contributed by atoms with Crippen molar-refractivity contribution in [3.05, 3.63) is 0 Å². The van der Waals surface area contributed by atoms with E-state index in [9.17, 15) is 8.42 Å². The molecule has 0 aromatic carbocycles. The molecule has 8 heavy (non-hydrogen) atoms. The van der Waals surface area contributed by atoms with Crippen LogP contribution in [0.25, 0.3) is 0 Å². The lowest BCUT2D eigenvalue weighted by Gasteiger charge is -1.82. The van der Waals surface area contributed by atoms with Crippen molar-refractivity contribution in [2.24, 2.45) is 0 Å². The minimum Gasteiger partial charge on any atom is -0.344 e. The standard InChI is InChI=1S/CH4O4S.CH4.H3N/c1-5-6(2,3)4;;/h1H3,(H,2,3,4);1H4;1H3. The predicted octanol–water partition coefficient (Wildman–Crippen LogP) is 0.234. The molecule has 54 valence electrons. The third kappa shape index (κ3) is 17.0. The molecule has 0 atom stereocenters. The molecule has 0 spiro atoms. The molecule has 0 aliphatic heterocycles. The van der Waals surface area contributed by atoms with Crippen LogP contribution in [0.4, 0.5) is 0 Å². The fourth-order valence-corrected chi connectivity index (χ4v) is 0. The summed E-state index contributed by atoms with van der Waals surface area (Å²) in [5.41, 5.74) is 0. The van der Waals surface area contributed by atoms with Crippen molar-refractivity contribution in [2.75, 3.05) is 7.11 Å². The van der Waals surface area contributed by atoms with Gasteiger partial charge in [0.25, 0.3) is 0 Å². The minimum absolute atomic E-state index is 0. The SMILES string of the molecule is C.COS(=O)(=O)O.N. The van der Waals surface area contributed by atoms with Crippen molar-refractivity contribution in [3.8, 4) is 0 Å². The molecule has 0 fully saturated rings. The summed E-state index contributed by atoms with van der Waals surface area (Å²) in [5.74, 6) is 0. The fourth-order valence-electron chi connectivity index (χ4n) is 0. The quantitative estimate of drug-likeness (QED) is 0.515. The second-order valence-electron chi connectivity index (χ2n) is 0.594. The lowest BCUT2D eigenvalue weighted by Crippen LogP contribution is -1.96. The van der Waals surface area contributed by atoms with Crippen LogP contribution in [-0.4, -0.2) is 20.1 Å². The van der Waals surface area contributed by atoms with Crippen LogP contribution in [0, 0.1) is 0 Å². The first-order chi connectivity index (χ1) is 2.56. The van der Waals surface area contributed by atoms with Gasteiger partial charge in [-0.25, -0.2) is 0 Å². The smallest absolute Gasteiger partial charge is 0.344 e. The van der Waals surface area contributed by atoms with Gasteiger partial charge in [0.05, 0.1) is 7.11 Å². The highest BCUT2D eigenvalue weighted by Crippen LogP contribution is 1.74. The molecule has 0 saturated heterocycles. The third-order valence-electron chi connectivity index (χ3n) is 0.211. The molecule has 4 N–H and O–H groups in total. The zero-order chi connectivity index (χ0) is 5.21. The van der Waals surface area contributed by atoms with Crippen LogP contribution >= 0.6 is 0 Å².